The standard InChI is InChI=1S/C12H11N3O/c1-8-3-4-11(16-2)9(5-8)10-7-14-12(6-13)15-10/h3-5,7H,1-2H3,(H,14,15). The highest BCUT2D eigenvalue weighted by Crippen LogP contribution is 2.29. The van der Waals surface area contributed by atoms with Gasteiger partial charge in [0.1, 0.15) is 11.8 Å². The van der Waals surface area contributed by atoms with Gasteiger partial charge in [0.15, 0.2) is 0 Å². The number of imidazole rings is 1. The van der Waals surface area contributed by atoms with Crippen LogP contribution in [0.4, 0.5) is 0 Å². The lowest BCUT2D eigenvalue weighted by atomic mass is 10.1. The number of nitriles is 1. The Balaban J connectivity index is 2.54. The quantitative estimate of drug-likeness (QED) is 0.832. The molecular weight excluding hydrogens is 202 g/mol. The van der Waals surface area contributed by atoms with E-state index in [2.05, 4.69) is 9.97 Å². The Hall–Kier alpha value is -2.28. The van der Waals surface area contributed by atoms with Gasteiger partial charge in [0.25, 0.3) is 0 Å². The summed E-state index contributed by atoms with van der Waals surface area (Å²) in [6.45, 7) is 2.00. The Morgan fingerprint density at radius 3 is 2.88 bits per heavy atom. The van der Waals surface area contributed by atoms with Crippen LogP contribution in [-0.2, 0) is 0 Å². The van der Waals surface area contributed by atoms with Crippen molar-refractivity contribution in [1.82, 2.24) is 9.97 Å². The molecule has 1 aromatic carbocycles. The smallest absolute Gasteiger partial charge is 0.210 e. The fraction of sp³-hybridized carbons (Fsp3) is 0.167. The van der Waals surface area contributed by atoms with E-state index in [-0.39, 0.29) is 0 Å². The normalized spacial score (nSPS) is 9.81. The third-order valence-corrected chi connectivity index (χ3v) is 2.33. The predicted octanol–water partition coefficient (Wildman–Crippen LogP) is 2.27. The second-order valence-electron chi connectivity index (χ2n) is 3.46. The van der Waals surface area contributed by atoms with Crippen molar-refractivity contribution in [1.29, 1.82) is 5.26 Å². The Morgan fingerprint density at radius 2 is 2.25 bits per heavy atom. The number of aryl methyl sites for hydroxylation is 1. The van der Waals surface area contributed by atoms with Gasteiger partial charge < -0.3 is 9.72 Å². The maximum absolute atomic E-state index is 8.70. The number of rotatable bonds is 2. The summed E-state index contributed by atoms with van der Waals surface area (Å²) in [5.74, 6) is 1.07. The minimum Gasteiger partial charge on any atom is -0.496 e. The summed E-state index contributed by atoms with van der Waals surface area (Å²) in [5.41, 5.74) is 2.83. The molecule has 2 aromatic rings. The lowest BCUT2D eigenvalue weighted by molar-refractivity contribution is 0.416. The molecule has 0 aliphatic heterocycles. The topological polar surface area (TPSA) is 61.7 Å². The zero-order valence-corrected chi connectivity index (χ0v) is 9.11. The van der Waals surface area contributed by atoms with Crippen molar-refractivity contribution in [2.75, 3.05) is 7.11 Å². The predicted molar refractivity (Wildman–Crippen MR) is 60.0 cm³/mol. The number of nitrogens with one attached hydrogen (secondary N) is 1. The van der Waals surface area contributed by atoms with Gasteiger partial charge in [-0.3, -0.25) is 0 Å². The second-order valence-corrected chi connectivity index (χ2v) is 3.46. The van der Waals surface area contributed by atoms with Crippen LogP contribution < -0.4 is 4.74 Å². The van der Waals surface area contributed by atoms with Crippen molar-refractivity contribution in [3.05, 3.63) is 35.8 Å². The minimum absolute atomic E-state index is 0.304. The first-order valence-corrected chi connectivity index (χ1v) is 4.84. The SMILES string of the molecule is COc1ccc(C)cc1-c1cnc(C#N)[nH]1. The van der Waals surface area contributed by atoms with Gasteiger partial charge in [-0.2, -0.15) is 5.26 Å². The van der Waals surface area contributed by atoms with Gasteiger partial charge in [-0.05, 0) is 19.1 Å². The van der Waals surface area contributed by atoms with Crippen LogP contribution in [0.2, 0.25) is 0 Å². The summed E-state index contributed by atoms with van der Waals surface area (Å²) in [7, 11) is 1.62. The third kappa shape index (κ3) is 1.75. The van der Waals surface area contributed by atoms with Crippen molar-refractivity contribution in [2.45, 2.75) is 6.92 Å². The number of aromatic nitrogens is 2. The molecule has 0 atom stereocenters. The van der Waals surface area contributed by atoms with Crippen LogP contribution >= 0.6 is 0 Å². The fourth-order valence-electron chi connectivity index (χ4n) is 1.55. The van der Waals surface area contributed by atoms with E-state index in [0.717, 1.165) is 22.6 Å². The van der Waals surface area contributed by atoms with Crippen molar-refractivity contribution >= 4 is 0 Å². The average Bonchev–Trinajstić information content (AvgIpc) is 2.77. The summed E-state index contributed by atoms with van der Waals surface area (Å²) < 4.78 is 5.27. The summed E-state index contributed by atoms with van der Waals surface area (Å²) in [4.78, 5) is 6.87. The minimum atomic E-state index is 0.304. The van der Waals surface area contributed by atoms with Crippen LogP contribution in [0.1, 0.15) is 11.4 Å². The zero-order valence-electron chi connectivity index (χ0n) is 9.11. The molecule has 0 radical (unpaired) electrons. The molecule has 2 rings (SSSR count). The highest BCUT2D eigenvalue weighted by molar-refractivity contribution is 5.67. The summed E-state index contributed by atoms with van der Waals surface area (Å²) in [6, 6.07) is 7.83. The van der Waals surface area contributed by atoms with E-state index < -0.39 is 0 Å². The van der Waals surface area contributed by atoms with Crippen LogP contribution in [0.3, 0.4) is 0 Å². The summed E-state index contributed by atoms with van der Waals surface area (Å²) in [5, 5.41) is 8.70. The number of nitrogens with zero attached hydrogens (tertiary/aromatic N) is 2. The molecule has 4 heteroatoms. The highest BCUT2D eigenvalue weighted by atomic mass is 16.5. The first-order valence-electron chi connectivity index (χ1n) is 4.84. The van der Waals surface area contributed by atoms with Gasteiger partial charge in [-0.25, -0.2) is 4.98 Å². The van der Waals surface area contributed by atoms with Gasteiger partial charge in [-0.1, -0.05) is 11.6 Å². The Morgan fingerprint density at radius 1 is 1.44 bits per heavy atom. The van der Waals surface area contributed by atoms with Crippen LogP contribution in [0.15, 0.2) is 24.4 Å². The van der Waals surface area contributed by atoms with E-state index in [9.17, 15) is 0 Å². The van der Waals surface area contributed by atoms with E-state index >= 15 is 0 Å². The van der Waals surface area contributed by atoms with Crippen molar-refractivity contribution in [3.8, 4) is 23.1 Å². The van der Waals surface area contributed by atoms with Crippen LogP contribution in [0.5, 0.6) is 5.75 Å². The molecule has 0 bridgehead atoms. The van der Waals surface area contributed by atoms with Gasteiger partial charge in [0, 0.05) is 5.56 Å². The fourth-order valence-corrected chi connectivity index (χ4v) is 1.55. The molecule has 0 aliphatic rings. The van der Waals surface area contributed by atoms with Crippen LogP contribution in [0, 0.1) is 18.3 Å². The second kappa shape index (κ2) is 4.07. The molecule has 1 aromatic heterocycles. The number of ether oxygens (including phenoxy) is 1. The number of benzene rings is 1. The highest BCUT2D eigenvalue weighted by Gasteiger charge is 2.08. The third-order valence-electron chi connectivity index (χ3n) is 2.33. The van der Waals surface area contributed by atoms with E-state index in [1.807, 2.05) is 31.2 Å². The largest absolute Gasteiger partial charge is 0.496 e. The molecule has 0 fully saturated rings. The van der Waals surface area contributed by atoms with Crippen molar-refractivity contribution in [2.24, 2.45) is 0 Å². The number of aromatic amines is 1. The number of hydrogen-bond donors (Lipinski definition) is 1. The van der Waals surface area contributed by atoms with E-state index in [1.165, 1.54) is 0 Å². The molecule has 1 heterocycles. The molecule has 0 spiro atoms. The molecule has 0 saturated heterocycles. The molecular formula is C12H11N3O. The van der Waals surface area contributed by atoms with E-state index in [1.54, 1.807) is 13.3 Å². The molecule has 0 amide bonds. The maximum Gasteiger partial charge on any atom is 0.210 e. The average molecular weight is 213 g/mol. The monoisotopic (exact) mass is 213 g/mol. The lowest BCUT2D eigenvalue weighted by Crippen LogP contribution is -1.89. The van der Waals surface area contributed by atoms with Crippen LogP contribution in [-0.4, -0.2) is 17.1 Å². The molecule has 0 aliphatic carbocycles. The Kier molecular flexibility index (Phi) is 2.61. The molecule has 0 unspecified atom stereocenters. The number of hydrogen-bond acceptors (Lipinski definition) is 3. The Bertz CT molecular complexity index is 552. The zero-order chi connectivity index (χ0) is 11.5. The molecule has 1 N–H and O–H groups in total. The molecule has 0 saturated carbocycles. The first-order chi connectivity index (χ1) is 7.74. The van der Waals surface area contributed by atoms with Gasteiger partial charge in [0.05, 0.1) is 19.0 Å². The maximum atomic E-state index is 8.70. The van der Waals surface area contributed by atoms with E-state index in [0.29, 0.717) is 5.82 Å². The van der Waals surface area contributed by atoms with Gasteiger partial charge in [0.2, 0.25) is 5.82 Å². The van der Waals surface area contributed by atoms with Gasteiger partial charge >= 0.3 is 0 Å². The van der Waals surface area contributed by atoms with Crippen LogP contribution in [0.25, 0.3) is 11.3 Å². The van der Waals surface area contributed by atoms with Gasteiger partial charge in [-0.15, -0.1) is 0 Å². The number of methoxy groups -OCH3 is 1. The molecule has 16 heavy (non-hydrogen) atoms. The van der Waals surface area contributed by atoms with Crippen molar-refractivity contribution < 1.29 is 4.74 Å². The first kappa shape index (κ1) is 10.2. The lowest BCUT2D eigenvalue weighted by Gasteiger charge is -2.07. The van der Waals surface area contributed by atoms with Crippen molar-refractivity contribution in [3.63, 3.8) is 0 Å². The molecule has 80 valence electrons. The summed E-state index contributed by atoms with van der Waals surface area (Å²) in [6.07, 6.45) is 1.63. The molecule has 4 nitrogen and oxygen atoms in total. The van der Waals surface area contributed by atoms with E-state index in [4.69, 9.17) is 10.00 Å². The number of H-pyrrole nitrogens is 1. The summed E-state index contributed by atoms with van der Waals surface area (Å²) >= 11 is 0. The Labute approximate surface area is 93.5 Å².